The lowest BCUT2D eigenvalue weighted by atomic mass is 9.81. The van der Waals surface area contributed by atoms with Gasteiger partial charge >= 0.3 is 6.18 Å². The molecule has 10 nitrogen and oxygen atoms in total. The fourth-order valence-corrected chi connectivity index (χ4v) is 6.16. The monoisotopic (exact) mass is 658 g/mol. The van der Waals surface area contributed by atoms with E-state index in [9.17, 15) is 40.3 Å². The normalized spacial score (nSPS) is 22.6. The van der Waals surface area contributed by atoms with E-state index in [1.54, 1.807) is 12.3 Å². The Morgan fingerprint density at radius 3 is 2.28 bits per heavy atom. The Morgan fingerprint density at radius 1 is 0.935 bits per heavy atom. The number of amides is 2. The van der Waals surface area contributed by atoms with Crippen LogP contribution in [0.25, 0.3) is 5.65 Å². The van der Waals surface area contributed by atoms with Gasteiger partial charge in [-0.05, 0) is 55.6 Å². The maximum atomic E-state index is 14.0. The first-order valence-electron chi connectivity index (χ1n) is 15.3. The third kappa shape index (κ3) is 7.43. The van der Waals surface area contributed by atoms with E-state index in [2.05, 4.69) is 30.9 Å². The van der Waals surface area contributed by atoms with E-state index < -0.39 is 66.6 Å². The molecule has 1 unspecified atom stereocenters. The van der Waals surface area contributed by atoms with Crippen LogP contribution in [0.15, 0.2) is 24.7 Å². The first-order valence-corrected chi connectivity index (χ1v) is 15.3. The number of fused-ring (bicyclic) bond motifs is 1. The highest BCUT2D eigenvalue weighted by molar-refractivity contribution is 5.92. The van der Waals surface area contributed by atoms with E-state index in [4.69, 9.17) is 0 Å². The molecule has 3 aliphatic rings. The number of hydrogen-bond donors (Lipinski definition) is 2. The molecule has 0 spiro atoms. The predicted octanol–water partition coefficient (Wildman–Crippen LogP) is 5.57. The Hall–Kier alpha value is -3.79. The maximum absolute atomic E-state index is 14.0. The Kier molecular flexibility index (Phi) is 8.46. The largest absolute Gasteiger partial charge is 0.389 e. The van der Waals surface area contributed by atoms with Gasteiger partial charge in [0.15, 0.2) is 11.3 Å². The van der Waals surface area contributed by atoms with Gasteiger partial charge in [0.05, 0.1) is 49.3 Å². The van der Waals surface area contributed by atoms with Crippen LogP contribution in [0.1, 0.15) is 98.0 Å². The van der Waals surface area contributed by atoms with Crippen LogP contribution in [0.2, 0.25) is 0 Å². The molecule has 3 aliphatic carbocycles. The molecule has 3 saturated carbocycles. The fourth-order valence-electron chi connectivity index (χ4n) is 6.16. The number of alkyl halides is 7. The topological polar surface area (TPSA) is 119 Å². The highest BCUT2D eigenvalue weighted by Gasteiger charge is 2.48. The van der Waals surface area contributed by atoms with Gasteiger partial charge in [0.1, 0.15) is 0 Å². The van der Waals surface area contributed by atoms with Crippen molar-refractivity contribution in [2.75, 3.05) is 0 Å². The van der Waals surface area contributed by atoms with Crippen molar-refractivity contribution in [3.63, 3.8) is 0 Å². The number of aromatic nitrogens is 6. The maximum Gasteiger partial charge on any atom is 0.389 e. The summed E-state index contributed by atoms with van der Waals surface area (Å²) in [5.74, 6) is -8.33. The van der Waals surface area contributed by atoms with E-state index in [0.29, 0.717) is 23.3 Å². The van der Waals surface area contributed by atoms with E-state index in [0.717, 1.165) is 23.8 Å². The zero-order valence-corrected chi connectivity index (χ0v) is 24.6. The summed E-state index contributed by atoms with van der Waals surface area (Å²) in [6, 6.07) is 0.271. The molecule has 0 bridgehead atoms. The summed E-state index contributed by atoms with van der Waals surface area (Å²) in [4.78, 5) is 31.3. The number of imidazole rings is 1. The minimum absolute atomic E-state index is 0.0356. The third-order valence-corrected chi connectivity index (χ3v) is 9.18. The smallest absolute Gasteiger partial charge is 0.349 e. The molecule has 6 rings (SSSR count). The van der Waals surface area contributed by atoms with E-state index in [-0.39, 0.29) is 50.3 Å². The summed E-state index contributed by atoms with van der Waals surface area (Å²) in [6.07, 6.45) is -1.05. The number of halogens is 7. The Morgan fingerprint density at radius 2 is 1.65 bits per heavy atom. The second-order valence-electron chi connectivity index (χ2n) is 12.7. The summed E-state index contributed by atoms with van der Waals surface area (Å²) in [7, 11) is 0. The van der Waals surface area contributed by atoms with Crippen LogP contribution in [-0.2, 0) is 11.3 Å². The molecule has 3 fully saturated rings. The predicted molar refractivity (Wildman–Crippen MR) is 147 cm³/mol. The van der Waals surface area contributed by atoms with Gasteiger partial charge in [0.25, 0.3) is 11.8 Å². The minimum Gasteiger partial charge on any atom is -0.349 e. The van der Waals surface area contributed by atoms with Gasteiger partial charge in [0.2, 0.25) is 11.8 Å². The number of carbonyl (C=O) groups is 2. The molecule has 0 aliphatic heterocycles. The molecular formula is C29H33F7N8O2. The first kappa shape index (κ1) is 32.2. The van der Waals surface area contributed by atoms with Crippen LogP contribution in [-0.4, -0.2) is 59.4 Å². The minimum atomic E-state index is -4.45. The highest BCUT2D eigenvalue weighted by Crippen LogP contribution is 2.45. The van der Waals surface area contributed by atoms with Gasteiger partial charge in [-0.25, -0.2) is 27.1 Å². The van der Waals surface area contributed by atoms with Crippen LogP contribution >= 0.6 is 0 Å². The summed E-state index contributed by atoms with van der Waals surface area (Å²) in [6.45, 7) is -0.146. The van der Waals surface area contributed by atoms with Crippen molar-refractivity contribution in [3.05, 3.63) is 41.6 Å². The molecule has 3 aromatic heterocycles. The van der Waals surface area contributed by atoms with Gasteiger partial charge in [-0.2, -0.15) is 28.2 Å². The number of nitrogens with one attached hydrogen (secondary N) is 2. The average Bonchev–Trinajstić information content (AvgIpc) is 3.56. The number of rotatable bonds is 11. The van der Waals surface area contributed by atoms with Crippen LogP contribution in [0, 0.1) is 17.8 Å². The van der Waals surface area contributed by atoms with Crippen molar-refractivity contribution in [3.8, 4) is 0 Å². The van der Waals surface area contributed by atoms with Gasteiger partial charge in [-0.1, -0.05) is 0 Å². The molecule has 46 heavy (non-hydrogen) atoms. The fraction of sp³-hybridized carbons (Fsp3) is 0.655. The van der Waals surface area contributed by atoms with E-state index >= 15 is 0 Å². The van der Waals surface area contributed by atoms with E-state index in [1.807, 2.05) is 0 Å². The molecule has 2 amide bonds. The molecule has 0 radical (unpaired) electrons. The van der Waals surface area contributed by atoms with Crippen LogP contribution < -0.4 is 10.6 Å². The van der Waals surface area contributed by atoms with Crippen LogP contribution in [0.4, 0.5) is 30.7 Å². The molecule has 0 saturated heterocycles. The molecule has 3 aromatic rings. The molecule has 17 heteroatoms. The lowest BCUT2D eigenvalue weighted by Gasteiger charge is -2.35. The molecule has 0 aromatic carbocycles. The molecule has 250 valence electrons. The molecular weight excluding hydrogens is 625 g/mol. The second-order valence-corrected chi connectivity index (χ2v) is 12.7. The Balaban J connectivity index is 1.21. The van der Waals surface area contributed by atoms with Crippen molar-refractivity contribution in [1.82, 2.24) is 40.2 Å². The van der Waals surface area contributed by atoms with Gasteiger partial charge in [-0.3, -0.25) is 9.59 Å². The zero-order chi connectivity index (χ0) is 32.9. The summed E-state index contributed by atoms with van der Waals surface area (Å²) in [5.41, 5.74) is 1.10. The second kappa shape index (κ2) is 12.1. The van der Waals surface area contributed by atoms with Gasteiger partial charge < -0.3 is 10.6 Å². The van der Waals surface area contributed by atoms with E-state index in [1.165, 1.54) is 10.7 Å². The summed E-state index contributed by atoms with van der Waals surface area (Å²) >= 11 is 0. The quantitative estimate of drug-likeness (QED) is 0.260. The average molecular weight is 659 g/mol. The lowest BCUT2D eigenvalue weighted by Crippen LogP contribution is -2.41. The number of hydrogen-bond acceptors (Lipinski definition) is 6. The van der Waals surface area contributed by atoms with Crippen molar-refractivity contribution in [2.24, 2.45) is 17.8 Å². The third-order valence-electron chi connectivity index (χ3n) is 9.18. The summed E-state index contributed by atoms with van der Waals surface area (Å²) < 4.78 is 94.9. The first-order chi connectivity index (χ1) is 21.7. The number of nitrogens with zero attached hydrogens (tertiary/aromatic N) is 6. The highest BCUT2D eigenvalue weighted by atomic mass is 19.4. The standard InChI is InChI=1S/C29H33F7N8O2/c30-27(31)7-3-17(4-8-27)25(41-26(46)20-13-38-44(42-20)14-19-5-9-28(19,32)33)21-15-43-22(39-21)11-18(12-37-43)24(16-1-2-16)40-23(45)6-10-29(34,35)36/h11-13,15-17,19,24-25H,1-10,14H2,(H,40,45)(H,41,46)/t19?,24-,25+/m1/s1. The molecule has 3 atom stereocenters. The van der Waals surface area contributed by atoms with Crippen molar-refractivity contribution >= 4 is 17.5 Å². The van der Waals surface area contributed by atoms with Crippen molar-refractivity contribution < 1.29 is 40.3 Å². The molecule has 2 N–H and O–H groups in total. The van der Waals surface area contributed by atoms with Crippen molar-refractivity contribution in [1.29, 1.82) is 0 Å². The van der Waals surface area contributed by atoms with Gasteiger partial charge in [-0.15, -0.1) is 5.10 Å². The lowest BCUT2D eigenvalue weighted by molar-refractivity contribution is -0.144. The zero-order valence-electron chi connectivity index (χ0n) is 24.6. The number of carbonyl (C=O) groups excluding carboxylic acids is 2. The Bertz CT molecular complexity index is 1570. The van der Waals surface area contributed by atoms with Crippen LogP contribution in [0.5, 0.6) is 0 Å². The van der Waals surface area contributed by atoms with Crippen LogP contribution in [0.3, 0.4) is 0 Å². The SMILES string of the molecule is O=C(CCC(F)(F)F)N[C@@H](c1cnn2cc([C@@H](NC(=O)c3cnn(CC4CCC4(F)F)n3)C3CCC(F)(F)CC3)nc2c1)C1CC1. The summed E-state index contributed by atoms with van der Waals surface area (Å²) in [5, 5.41) is 17.9. The van der Waals surface area contributed by atoms with Crippen molar-refractivity contribution in [2.45, 2.75) is 101 Å². The Labute approximate surface area is 258 Å². The molecule has 3 heterocycles. The van der Waals surface area contributed by atoms with Gasteiger partial charge in [0, 0.05) is 31.6 Å².